The molecule has 1 amide bonds. The molecule has 0 radical (unpaired) electrons. The fourth-order valence-electron chi connectivity index (χ4n) is 3.52. The molecule has 1 saturated heterocycles. The second kappa shape index (κ2) is 8.33. The number of thiazole rings is 1. The summed E-state index contributed by atoms with van der Waals surface area (Å²) in [5.41, 5.74) is 1.85. The smallest absolute Gasteiger partial charge is 0.263 e. The number of aromatic nitrogens is 1. The number of rotatable bonds is 6. The molecule has 6 heteroatoms. The SMILES string of the molecule is Cc1nc(-c2ccccc2)sc1C(=O)NC[C@@H](c1cccs1)N1CCCC1. The molecule has 4 rings (SSSR count). The van der Waals surface area contributed by atoms with Crippen LogP contribution in [0.25, 0.3) is 10.6 Å². The van der Waals surface area contributed by atoms with Crippen LogP contribution in [0.5, 0.6) is 0 Å². The molecule has 0 aliphatic carbocycles. The van der Waals surface area contributed by atoms with Crippen LogP contribution in [0, 0.1) is 6.92 Å². The number of likely N-dealkylation sites (tertiary alicyclic amines) is 1. The Bertz CT molecular complexity index is 884. The molecule has 0 bridgehead atoms. The summed E-state index contributed by atoms with van der Waals surface area (Å²) in [4.78, 5) is 22.0. The Morgan fingerprint density at radius 1 is 1.19 bits per heavy atom. The molecule has 0 saturated carbocycles. The monoisotopic (exact) mass is 397 g/mol. The zero-order valence-electron chi connectivity index (χ0n) is 15.4. The Balaban J connectivity index is 1.48. The molecule has 1 aromatic carbocycles. The van der Waals surface area contributed by atoms with Gasteiger partial charge in [0.15, 0.2) is 0 Å². The highest BCUT2D eigenvalue weighted by molar-refractivity contribution is 7.17. The highest BCUT2D eigenvalue weighted by Gasteiger charge is 2.25. The van der Waals surface area contributed by atoms with Crippen molar-refractivity contribution in [1.82, 2.24) is 15.2 Å². The normalized spacial score (nSPS) is 15.7. The van der Waals surface area contributed by atoms with E-state index in [1.807, 2.05) is 37.3 Å². The van der Waals surface area contributed by atoms with Gasteiger partial charge < -0.3 is 5.32 Å². The third-order valence-electron chi connectivity index (χ3n) is 4.93. The predicted molar refractivity (Wildman–Crippen MR) is 112 cm³/mol. The van der Waals surface area contributed by atoms with Gasteiger partial charge in [0.1, 0.15) is 9.88 Å². The van der Waals surface area contributed by atoms with Crippen molar-refractivity contribution in [2.24, 2.45) is 0 Å². The fourth-order valence-corrected chi connectivity index (χ4v) is 5.37. The Hall–Kier alpha value is -2.02. The van der Waals surface area contributed by atoms with Crippen molar-refractivity contribution in [3.05, 3.63) is 63.3 Å². The number of benzene rings is 1. The summed E-state index contributed by atoms with van der Waals surface area (Å²) in [5, 5.41) is 6.17. The molecule has 140 valence electrons. The van der Waals surface area contributed by atoms with E-state index in [0.29, 0.717) is 11.4 Å². The topological polar surface area (TPSA) is 45.2 Å². The molecular weight excluding hydrogens is 374 g/mol. The number of carbonyl (C=O) groups excluding carboxylic acids is 1. The van der Waals surface area contributed by atoms with Crippen molar-refractivity contribution in [3.8, 4) is 10.6 Å². The molecular formula is C21H23N3OS2. The maximum Gasteiger partial charge on any atom is 0.263 e. The number of nitrogens with zero attached hydrogens (tertiary/aromatic N) is 2. The number of amides is 1. The molecule has 0 unspecified atom stereocenters. The molecule has 2 aromatic heterocycles. The summed E-state index contributed by atoms with van der Waals surface area (Å²) in [7, 11) is 0. The van der Waals surface area contributed by atoms with E-state index in [4.69, 9.17) is 0 Å². The summed E-state index contributed by atoms with van der Waals surface area (Å²) in [5.74, 6) is -0.0204. The van der Waals surface area contributed by atoms with Crippen LogP contribution in [-0.2, 0) is 0 Å². The van der Waals surface area contributed by atoms with E-state index in [0.717, 1.165) is 29.4 Å². The fraction of sp³-hybridized carbons (Fsp3) is 0.333. The lowest BCUT2D eigenvalue weighted by atomic mass is 10.2. The second-order valence-electron chi connectivity index (χ2n) is 6.78. The van der Waals surface area contributed by atoms with Gasteiger partial charge in [0.2, 0.25) is 0 Å². The highest BCUT2D eigenvalue weighted by atomic mass is 32.1. The average molecular weight is 398 g/mol. The van der Waals surface area contributed by atoms with Crippen LogP contribution in [-0.4, -0.2) is 35.4 Å². The Kier molecular flexibility index (Phi) is 5.66. The number of carbonyl (C=O) groups is 1. The summed E-state index contributed by atoms with van der Waals surface area (Å²) in [6.45, 7) is 4.76. The lowest BCUT2D eigenvalue weighted by molar-refractivity contribution is 0.0941. The maximum atomic E-state index is 12.8. The molecule has 27 heavy (non-hydrogen) atoms. The van der Waals surface area contributed by atoms with Crippen LogP contribution in [0.3, 0.4) is 0 Å². The zero-order chi connectivity index (χ0) is 18.6. The molecule has 1 aliphatic rings. The minimum Gasteiger partial charge on any atom is -0.349 e. The Labute approximate surface area is 167 Å². The van der Waals surface area contributed by atoms with Crippen molar-refractivity contribution in [2.45, 2.75) is 25.8 Å². The quantitative estimate of drug-likeness (QED) is 0.653. The summed E-state index contributed by atoms with van der Waals surface area (Å²) in [6.07, 6.45) is 2.48. The van der Waals surface area contributed by atoms with Crippen molar-refractivity contribution in [3.63, 3.8) is 0 Å². The van der Waals surface area contributed by atoms with Crippen LogP contribution in [0.15, 0.2) is 47.8 Å². The van der Waals surface area contributed by atoms with Gasteiger partial charge in [-0.05, 0) is 44.3 Å². The van der Waals surface area contributed by atoms with Crippen molar-refractivity contribution in [2.75, 3.05) is 19.6 Å². The number of hydrogen-bond donors (Lipinski definition) is 1. The summed E-state index contributed by atoms with van der Waals surface area (Å²) < 4.78 is 0. The van der Waals surface area contributed by atoms with E-state index in [2.05, 4.69) is 32.7 Å². The first kappa shape index (κ1) is 18.3. The molecule has 4 nitrogen and oxygen atoms in total. The average Bonchev–Trinajstić information content (AvgIpc) is 3.45. The zero-order valence-corrected chi connectivity index (χ0v) is 17.0. The lowest BCUT2D eigenvalue weighted by Crippen LogP contribution is -2.36. The van der Waals surface area contributed by atoms with E-state index >= 15 is 0 Å². The first-order chi connectivity index (χ1) is 13.2. The molecule has 1 aliphatic heterocycles. The molecule has 1 N–H and O–H groups in total. The van der Waals surface area contributed by atoms with Gasteiger partial charge >= 0.3 is 0 Å². The van der Waals surface area contributed by atoms with Gasteiger partial charge in [0.05, 0.1) is 11.7 Å². The molecule has 3 aromatic rings. The third-order valence-corrected chi connectivity index (χ3v) is 7.11. The van der Waals surface area contributed by atoms with E-state index < -0.39 is 0 Å². The van der Waals surface area contributed by atoms with Crippen LogP contribution in [0.4, 0.5) is 0 Å². The minimum atomic E-state index is -0.0204. The first-order valence-corrected chi connectivity index (χ1v) is 11.0. The molecule has 1 fully saturated rings. The number of hydrogen-bond acceptors (Lipinski definition) is 5. The van der Waals surface area contributed by atoms with Crippen LogP contribution in [0.2, 0.25) is 0 Å². The molecule has 0 spiro atoms. The highest BCUT2D eigenvalue weighted by Crippen LogP contribution is 2.29. The van der Waals surface area contributed by atoms with Crippen molar-refractivity contribution in [1.29, 1.82) is 0 Å². The van der Waals surface area contributed by atoms with Crippen molar-refractivity contribution >= 4 is 28.6 Å². The van der Waals surface area contributed by atoms with Crippen LogP contribution >= 0.6 is 22.7 Å². The number of thiophene rings is 1. The van der Waals surface area contributed by atoms with Gasteiger partial charge in [0.25, 0.3) is 5.91 Å². The number of aryl methyl sites for hydroxylation is 1. The number of nitrogens with one attached hydrogen (secondary N) is 1. The molecule has 1 atom stereocenters. The van der Waals surface area contributed by atoms with Gasteiger partial charge in [-0.15, -0.1) is 22.7 Å². The third kappa shape index (κ3) is 4.13. The van der Waals surface area contributed by atoms with Gasteiger partial charge in [-0.2, -0.15) is 0 Å². The van der Waals surface area contributed by atoms with Crippen LogP contribution < -0.4 is 5.32 Å². The van der Waals surface area contributed by atoms with Gasteiger partial charge in [0, 0.05) is 17.0 Å². The Morgan fingerprint density at radius 3 is 2.67 bits per heavy atom. The lowest BCUT2D eigenvalue weighted by Gasteiger charge is -2.26. The van der Waals surface area contributed by atoms with E-state index in [9.17, 15) is 4.79 Å². The van der Waals surface area contributed by atoms with Crippen LogP contribution in [0.1, 0.15) is 39.1 Å². The maximum absolute atomic E-state index is 12.8. The van der Waals surface area contributed by atoms with E-state index in [1.165, 1.54) is 29.1 Å². The second-order valence-corrected chi connectivity index (χ2v) is 8.76. The largest absolute Gasteiger partial charge is 0.349 e. The van der Waals surface area contributed by atoms with E-state index in [1.54, 1.807) is 11.3 Å². The molecule has 3 heterocycles. The van der Waals surface area contributed by atoms with E-state index in [-0.39, 0.29) is 11.9 Å². The standard InChI is InChI=1S/C21H23N3OS2/c1-15-19(27-21(23-15)16-8-3-2-4-9-16)20(25)22-14-17(18-10-7-13-26-18)24-11-5-6-12-24/h2-4,7-10,13,17H,5-6,11-12,14H2,1H3,(H,22,25)/t17-/m0/s1. The summed E-state index contributed by atoms with van der Waals surface area (Å²) >= 11 is 3.24. The first-order valence-electron chi connectivity index (χ1n) is 9.31. The minimum absolute atomic E-state index is 0.0204. The predicted octanol–water partition coefficient (Wildman–Crippen LogP) is 4.75. The van der Waals surface area contributed by atoms with Gasteiger partial charge in [-0.3, -0.25) is 9.69 Å². The van der Waals surface area contributed by atoms with Crippen molar-refractivity contribution < 1.29 is 4.79 Å². The van der Waals surface area contributed by atoms with Gasteiger partial charge in [-0.25, -0.2) is 4.98 Å². The Morgan fingerprint density at radius 2 is 1.96 bits per heavy atom. The summed E-state index contributed by atoms with van der Waals surface area (Å²) in [6, 6.07) is 14.6. The van der Waals surface area contributed by atoms with Gasteiger partial charge in [-0.1, -0.05) is 36.4 Å².